The molecule has 0 spiro atoms. The van der Waals surface area contributed by atoms with Gasteiger partial charge in [-0.3, -0.25) is 9.89 Å². The van der Waals surface area contributed by atoms with Gasteiger partial charge in [0.05, 0.1) is 0 Å². The summed E-state index contributed by atoms with van der Waals surface area (Å²) in [4.78, 5) is 21.8. The lowest BCUT2D eigenvalue weighted by Gasteiger charge is -2.02. The Hall–Kier alpha value is -2.17. The molecule has 0 unspecified atom stereocenters. The number of hydrogen-bond acceptors (Lipinski definition) is 2. The number of carbonyl (C=O) groups excluding carboxylic acids is 1. The summed E-state index contributed by atoms with van der Waals surface area (Å²) in [7, 11) is 0. The summed E-state index contributed by atoms with van der Waals surface area (Å²) in [5.74, 6) is -0.496. The summed E-state index contributed by atoms with van der Waals surface area (Å²) in [5, 5.41) is 2.67. The van der Waals surface area contributed by atoms with Gasteiger partial charge in [0.25, 0.3) is 5.56 Å². The molecule has 1 heterocycles. The molecule has 1 N–H and O–H groups in total. The van der Waals surface area contributed by atoms with Gasteiger partial charge in [0, 0.05) is 18.2 Å². The average Bonchev–Trinajstić information content (AvgIpc) is 2.61. The lowest BCUT2D eigenvalue weighted by Crippen LogP contribution is -2.14. The Labute approximate surface area is 90.3 Å². The van der Waals surface area contributed by atoms with Gasteiger partial charge in [-0.2, -0.15) is 0 Å². The van der Waals surface area contributed by atoms with E-state index in [1.54, 1.807) is 12.1 Å². The molecule has 1 aromatic heterocycles. The maximum absolute atomic E-state index is 13.4. The average molecular weight is 220 g/mol. The van der Waals surface area contributed by atoms with Crippen LogP contribution in [-0.4, -0.2) is 16.1 Å². The Balaban J connectivity index is 2.52. The van der Waals surface area contributed by atoms with E-state index in [2.05, 4.69) is 5.10 Å². The van der Waals surface area contributed by atoms with Crippen molar-refractivity contribution in [3.63, 3.8) is 0 Å². The van der Waals surface area contributed by atoms with Gasteiger partial charge in [-0.15, -0.1) is 0 Å². The molecule has 5 heteroatoms. The van der Waals surface area contributed by atoms with E-state index < -0.39 is 5.82 Å². The van der Waals surface area contributed by atoms with Crippen molar-refractivity contribution in [1.82, 2.24) is 9.78 Å². The summed E-state index contributed by atoms with van der Waals surface area (Å²) < 4.78 is 14.5. The number of H-pyrrole nitrogens is 1. The van der Waals surface area contributed by atoms with Crippen LogP contribution in [0.1, 0.15) is 5.69 Å². The number of hydrogen-bond donors (Lipinski definition) is 1. The Bertz CT molecular complexity index is 571. The van der Waals surface area contributed by atoms with Crippen LogP contribution in [-0.2, 0) is 11.2 Å². The summed E-state index contributed by atoms with van der Waals surface area (Å²) in [6.07, 6.45) is 0.785. The van der Waals surface area contributed by atoms with E-state index in [1.807, 2.05) is 0 Å². The first-order valence-corrected chi connectivity index (χ1v) is 4.72. The fourth-order valence-electron chi connectivity index (χ4n) is 1.45. The standard InChI is InChI=1S/C11H9FN2O2/c12-9-3-1-2-4-10(9)14-11(16)7-8(13-14)5-6-15/h1-4,6-7,13H,5H2. The SMILES string of the molecule is O=CCc1cc(=O)n(-c2ccccc2F)[nH]1. The van der Waals surface area contributed by atoms with Crippen LogP contribution in [0.4, 0.5) is 4.39 Å². The van der Waals surface area contributed by atoms with Gasteiger partial charge in [0.1, 0.15) is 17.8 Å². The molecule has 0 bridgehead atoms. The maximum Gasteiger partial charge on any atom is 0.271 e. The molecule has 0 amide bonds. The van der Waals surface area contributed by atoms with E-state index in [9.17, 15) is 14.0 Å². The quantitative estimate of drug-likeness (QED) is 0.786. The molecule has 82 valence electrons. The summed E-state index contributed by atoms with van der Waals surface area (Å²) >= 11 is 0. The second-order valence-electron chi connectivity index (χ2n) is 3.28. The molecule has 2 rings (SSSR count). The highest BCUT2D eigenvalue weighted by molar-refractivity contribution is 5.53. The molecule has 2 aromatic rings. The molecule has 0 saturated heterocycles. The number of benzene rings is 1. The largest absolute Gasteiger partial charge is 0.303 e. The minimum Gasteiger partial charge on any atom is -0.303 e. The molecule has 0 aliphatic carbocycles. The van der Waals surface area contributed by atoms with E-state index in [-0.39, 0.29) is 17.7 Å². The second-order valence-corrected chi connectivity index (χ2v) is 3.28. The maximum atomic E-state index is 13.4. The highest BCUT2D eigenvalue weighted by Crippen LogP contribution is 2.09. The monoisotopic (exact) mass is 220 g/mol. The number of halogens is 1. The first-order valence-electron chi connectivity index (χ1n) is 4.72. The zero-order valence-corrected chi connectivity index (χ0v) is 8.31. The normalized spacial score (nSPS) is 10.3. The van der Waals surface area contributed by atoms with Crippen LogP contribution < -0.4 is 5.56 Å². The van der Waals surface area contributed by atoms with Gasteiger partial charge < -0.3 is 4.79 Å². The molecule has 16 heavy (non-hydrogen) atoms. The smallest absolute Gasteiger partial charge is 0.271 e. The van der Waals surface area contributed by atoms with Crippen LogP contribution in [0, 0.1) is 5.82 Å². The van der Waals surface area contributed by atoms with E-state index in [0.717, 1.165) is 4.68 Å². The summed E-state index contributed by atoms with van der Waals surface area (Å²) in [6, 6.07) is 7.20. The Morgan fingerprint density at radius 2 is 2.12 bits per heavy atom. The molecule has 0 saturated carbocycles. The minimum atomic E-state index is -0.496. The summed E-state index contributed by atoms with van der Waals surface area (Å²) in [5.41, 5.74) is 0.217. The highest BCUT2D eigenvalue weighted by atomic mass is 19.1. The number of aromatic nitrogens is 2. The first-order chi connectivity index (χ1) is 7.72. The van der Waals surface area contributed by atoms with E-state index >= 15 is 0 Å². The van der Waals surface area contributed by atoms with Gasteiger partial charge in [0.2, 0.25) is 0 Å². The van der Waals surface area contributed by atoms with Crippen LogP contribution in [0.2, 0.25) is 0 Å². The van der Waals surface area contributed by atoms with Crippen molar-refractivity contribution in [3.8, 4) is 5.69 Å². The predicted octanol–water partition coefficient (Wildman–Crippen LogP) is 1.05. The molecule has 4 nitrogen and oxygen atoms in total. The number of para-hydroxylation sites is 1. The fourth-order valence-corrected chi connectivity index (χ4v) is 1.45. The van der Waals surface area contributed by atoms with E-state index in [1.165, 1.54) is 18.2 Å². The van der Waals surface area contributed by atoms with Gasteiger partial charge >= 0.3 is 0 Å². The Morgan fingerprint density at radius 3 is 2.81 bits per heavy atom. The zero-order chi connectivity index (χ0) is 11.5. The lowest BCUT2D eigenvalue weighted by atomic mass is 10.3. The zero-order valence-electron chi connectivity index (χ0n) is 8.31. The van der Waals surface area contributed by atoms with Crippen molar-refractivity contribution in [2.45, 2.75) is 6.42 Å². The third kappa shape index (κ3) is 1.79. The van der Waals surface area contributed by atoms with Crippen LogP contribution >= 0.6 is 0 Å². The Kier molecular flexibility index (Phi) is 2.68. The molecule has 0 aliphatic heterocycles. The summed E-state index contributed by atoms with van der Waals surface area (Å²) in [6.45, 7) is 0. The van der Waals surface area contributed by atoms with Crippen LogP contribution in [0.15, 0.2) is 35.1 Å². The fraction of sp³-hybridized carbons (Fsp3) is 0.0909. The first kappa shape index (κ1) is 10.4. The number of aldehydes is 1. The lowest BCUT2D eigenvalue weighted by molar-refractivity contribution is -0.107. The predicted molar refractivity (Wildman–Crippen MR) is 56.1 cm³/mol. The molecule has 0 radical (unpaired) electrons. The van der Waals surface area contributed by atoms with Gasteiger partial charge in [-0.05, 0) is 12.1 Å². The number of carbonyl (C=O) groups is 1. The second kappa shape index (κ2) is 4.14. The van der Waals surface area contributed by atoms with E-state index in [0.29, 0.717) is 12.0 Å². The van der Waals surface area contributed by atoms with Crippen LogP contribution in [0.25, 0.3) is 5.69 Å². The van der Waals surface area contributed by atoms with Crippen LogP contribution in [0.5, 0.6) is 0 Å². The van der Waals surface area contributed by atoms with Gasteiger partial charge in [-0.1, -0.05) is 12.1 Å². The third-order valence-corrected chi connectivity index (χ3v) is 2.17. The van der Waals surface area contributed by atoms with Crippen LogP contribution in [0.3, 0.4) is 0 Å². The number of rotatable bonds is 3. The molecule has 0 fully saturated rings. The Morgan fingerprint density at radius 1 is 1.38 bits per heavy atom. The molecule has 1 aromatic carbocycles. The number of nitrogens with zero attached hydrogens (tertiary/aromatic N) is 1. The van der Waals surface area contributed by atoms with E-state index in [4.69, 9.17) is 0 Å². The van der Waals surface area contributed by atoms with Crippen molar-refractivity contribution in [2.75, 3.05) is 0 Å². The van der Waals surface area contributed by atoms with Crippen molar-refractivity contribution in [1.29, 1.82) is 0 Å². The topological polar surface area (TPSA) is 54.9 Å². The molecule has 0 atom stereocenters. The number of nitrogens with one attached hydrogen (secondary N) is 1. The van der Waals surface area contributed by atoms with Gasteiger partial charge in [0.15, 0.2) is 0 Å². The molecule has 0 aliphatic rings. The van der Waals surface area contributed by atoms with Crippen molar-refractivity contribution in [2.24, 2.45) is 0 Å². The highest BCUT2D eigenvalue weighted by Gasteiger charge is 2.08. The van der Waals surface area contributed by atoms with Crippen molar-refractivity contribution < 1.29 is 9.18 Å². The minimum absolute atomic E-state index is 0.108. The van der Waals surface area contributed by atoms with Crippen molar-refractivity contribution >= 4 is 6.29 Å². The van der Waals surface area contributed by atoms with Gasteiger partial charge in [-0.25, -0.2) is 9.07 Å². The molecular weight excluding hydrogens is 211 g/mol. The third-order valence-electron chi connectivity index (χ3n) is 2.17. The molecular formula is C11H9FN2O2. The van der Waals surface area contributed by atoms with Crippen molar-refractivity contribution in [3.05, 3.63) is 52.2 Å². The number of aromatic amines is 1.